The smallest absolute Gasteiger partial charge is 0.351 e. The van der Waals surface area contributed by atoms with Crippen molar-refractivity contribution < 1.29 is 13.2 Å². The van der Waals surface area contributed by atoms with Crippen molar-refractivity contribution in [1.82, 2.24) is 14.9 Å². The molecule has 1 atom stereocenters. The minimum absolute atomic E-state index is 0.0748. The van der Waals surface area contributed by atoms with Crippen molar-refractivity contribution in [3.8, 4) is 0 Å². The Morgan fingerprint density at radius 3 is 2.58 bits per heavy atom. The monoisotopic (exact) mass is 294 g/mol. The van der Waals surface area contributed by atoms with E-state index < -0.39 is 12.0 Å². The maximum Gasteiger partial charge on any atom is 0.451 e. The van der Waals surface area contributed by atoms with Crippen LogP contribution in [0.5, 0.6) is 0 Å². The van der Waals surface area contributed by atoms with E-state index in [4.69, 9.17) is 11.6 Å². The highest BCUT2D eigenvalue weighted by Gasteiger charge is 2.36. The number of piperazine rings is 1. The van der Waals surface area contributed by atoms with Gasteiger partial charge < -0.3 is 9.80 Å². The van der Waals surface area contributed by atoms with Crippen LogP contribution < -0.4 is 4.90 Å². The first kappa shape index (κ1) is 14.3. The third-order valence-corrected chi connectivity index (χ3v) is 3.25. The maximum atomic E-state index is 12.7. The van der Waals surface area contributed by atoms with E-state index >= 15 is 0 Å². The average Bonchev–Trinajstić information content (AvgIpc) is 2.26. The van der Waals surface area contributed by atoms with Crippen LogP contribution in [0.25, 0.3) is 0 Å². The van der Waals surface area contributed by atoms with Crippen LogP contribution in [0.4, 0.5) is 19.0 Å². The molecule has 2 rings (SSSR count). The summed E-state index contributed by atoms with van der Waals surface area (Å²) in [5.74, 6) is -0.964. The molecule has 106 valence electrons. The third kappa shape index (κ3) is 3.27. The molecular weight excluding hydrogens is 281 g/mol. The van der Waals surface area contributed by atoms with Crippen molar-refractivity contribution in [1.29, 1.82) is 0 Å². The van der Waals surface area contributed by atoms with E-state index in [-0.39, 0.29) is 17.0 Å². The number of hydrogen-bond acceptors (Lipinski definition) is 4. The second-order valence-electron chi connectivity index (χ2n) is 4.67. The van der Waals surface area contributed by atoms with Crippen molar-refractivity contribution >= 4 is 17.4 Å². The van der Waals surface area contributed by atoms with Gasteiger partial charge in [0, 0.05) is 31.7 Å². The molecule has 1 unspecified atom stereocenters. The normalized spacial score (nSPS) is 21.8. The molecule has 1 aliphatic rings. The molecule has 8 heteroatoms. The highest BCUT2D eigenvalue weighted by atomic mass is 35.5. The molecule has 1 aliphatic heterocycles. The lowest BCUT2D eigenvalue weighted by Gasteiger charge is -2.39. The maximum absolute atomic E-state index is 12.7. The Hall–Kier alpha value is -1.08. The summed E-state index contributed by atoms with van der Waals surface area (Å²) in [5, 5.41) is -0.191. The van der Waals surface area contributed by atoms with Crippen LogP contribution in [0.2, 0.25) is 5.15 Å². The van der Waals surface area contributed by atoms with Crippen LogP contribution in [0.15, 0.2) is 6.07 Å². The van der Waals surface area contributed by atoms with Gasteiger partial charge in [-0.25, -0.2) is 9.97 Å². The zero-order valence-corrected chi connectivity index (χ0v) is 11.3. The van der Waals surface area contributed by atoms with Gasteiger partial charge in [-0.15, -0.1) is 0 Å². The first-order valence-corrected chi connectivity index (χ1v) is 6.22. The molecule has 0 spiro atoms. The van der Waals surface area contributed by atoms with E-state index in [1.54, 1.807) is 0 Å². The van der Waals surface area contributed by atoms with Crippen LogP contribution in [-0.2, 0) is 6.18 Å². The molecular formula is C11H14ClF3N4. The molecule has 0 aliphatic carbocycles. The Kier molecular flexibility index (Phi) is 3.87. The fraction of sp³-hybridized carbons (Fsp3) is 0.636. The average molecular weight is 295 g/mol. The van der Waals surface area contributed by atoms with Gasteiger partial charge in [0.2, 0.25) is 5.82 Å². The fourth-order valence-electron chi connectivity index (χ4n) is 2.16. The predicted octanol–water partition coefficient (Wildman–Crippen LogP) is 2.29. The van der Waals surface area contributed by atoms with Crippen molar-refractivity contribution in [3.63, 3.8) is 0 Å². The Balaban J connectivity index is 2.32. The van der Waals surface area contributed by atoms with Crippen LogP contribution >= 0.6 is 11.6 Å². The third-order valence-electron chi connectivity index (χ3n) is 3.06. The Bertz CT molecular complexity index is 466. The number of halogens is 4. The minimum atomic E-state index is -4.59. The van der Waals surface area contributed by atoms with Crippen molar-refractivity contribution in [3.05, 3.63) is 17.0 Å². The van der Waals surface area contributed by atoms with E-state index in [1.165, 1.54) is 6.07 Å². The van der Waals surface area contributed by atoms with Gasteiger partial charge in [-0.05, 0) is 14.0 Å². The molecule has 1 saturated heterocycles. The topological polar surface area (TPSA) is 32.3 Å². The van der Waals surface area contributed by atoms with E-state index in [2.05, 4.69) is 14.9 Å². The SMILES string of the molecule is CC1CN(C)CCN1c1cc(Cl)nc(C(F)(F)F)n1. The lowest BCUT2D eigenvalue weighted by atomic mass is 10.2. The van der Waals surface area contributed by atoms with Gasteiger partial charge in [-0.3, -0.25) is 0 Å². The molecule has 1 aromatic rings. The summed E-state index contributed by atoms with van der Waals surface area (Å²) in [5.41, 5.74) is 0. The first-order valence-electron chi connectivity index (χ1n) is 5.84. The lowest BCUT2D eigenvalue weighted by Crippen LogP contribution is -2.51. The number of alkyl halides is 3. The predicted molar refractivity (Wildman–Crippen MR) is 66.3 cm³/mol. The van der Waals surface area contributed by atoms with E-state index in [0.717, 1.165) is 13.1 Å². The van der Waals surface area contributed by atoms with Gasteiger partial charge in [-0.2, -0.15) is 13.2 Å². The Morgan fingerprint density at radius 2 is 2.00 bits per heavy atom. The number of aromatic nitrogens is 2. The zero-order valence-electron chi connectivity index (χ0n) is 10.6. The molecule has 0 aromatic carbocycles. The number of nitrogens with zero attached hydrogens (tertiary/aromatic N) is 4. The van der Waals surface area contributed by atoms with Crippen molar-refractivity contribution in [2.45, 2.75) is 19.1 Å². The zero-order chi connectivity index (χ0) is 14.2. The highest BCUT2D eigenvalue weighted by molar-refractivity contribution is 6.29. The summed E-state index contributed by atoms with van der Waals surface area (Å²) in [7, 11) is 1.97. The molecule has 0 saturated carbocycles. The highest BCUT2D eigenvalue weighted by Crippen LogP contribution is 2.30. The number of hydrogen-bond donors (Lipinski definition) is 0. The standard InChI is InChI=1S/C11H14ClF3N4/c1-7-6-18(2)3-4-19(7)9-5-8(12)16-10(17-9)11(13,14)15/h5,7H,3-4,6H2,1-2H3. The molecule has 4 nitrogen and oxygen atoms in total. The van der Waals surface area contributed by atoms with Crippen LogP contribution in [0.3, 0.4) is 0 Å². The molecule has 1 aromatic heterocycles. The summed E-state index contributed by atoms with van der Waals surface area (Å²) < 4.78 is 38.0. The van der Waals surface area contributed by atoms with Crippen molar-refractivity contribution in [2.24, 2.45) is 0 Å². The summed E-state index contributed by atoms with van der Waals surface area (Å²) in [6.45, 7) is 4.09. The Morgan fingerprint density at radius 1 is 1.32 bits per heavy atom. The van der Waals surface area contributed by atoms with Crippen LogP contribution in [0, 0.1) is 0 Å². The second kappa shape index (κ2) is 5.13. The molecule has 19 heavy (non-hydrogen) atoms. The van der Waals surface area contributed by atoms with Gasteiger partial charge in [0.05, 0.1) is 0 Å². The van der Waals surface area contributed by atoms with Gasteiger partial charge in [-0.1, -0.05) is 11.6 Å². The van der Waals surface area contributed by atoms with E-state index in [1.807, 2.05) is 18.9 Å². The van der Waals surface area contributed by atoms with Crippen LogP contribution in [-0.4, -0.2) is 47.6 Å². The number of anilines is 1. The van der Waals surface area contributed by atoms with Crippen molar-refractivity contribution in [2.75, 3.05) is 31.6 Å². The van der Waals surface area contributed by atoms with Gasteiger partial charge in [0.15, 0.2) is 0 Å². The lowest BCUT2D eigenvalue weighted by molar-refractivity contribution is -0.144. The quantitative estimate of drug-likeness (QED) is 0.744. The van der Waals surface area contributed by atoms with Crippen LogP contribution in [0.1, 0.15) is 12.7 Å². The second-order valence-corrected chi connectivity index (χ2v) is 5.06. The fourth-order valence-corrected chi connectivity index (χ4v) is 2.34. The number of rotatable bonds is 1. The molecule has 0 radical (unpaired) electrons. The first-order chi connectivity index (χ1) is 8.77. The summed E-state index contributed by atoms with van der Waals surface area (Å²) >= 11 is 5.66. The molecule has 2 heterocycles. The molecule has 1 fully saturated rings. The van der Waals surface area contributed by atoms with E-state index in [9.17, 15) is 13.2 Å². The van der Waals surface area contributed by atoms with E-state index in [0.29, 0.717) is 6.54 Å². The van der Waals surface area contributed by atoms with Gasteiger partial charge >= 0.3 is 6.18 Å². The van der Waals surface area contributed by atoms with Gasteiger partial charge in [0.1, 0.15) is 11.0 Å². The number of likely N-dealkylation sites (N-methyl/N-ethyl adjacent to an activating group) is 1. The minimum Gasteiger partial charge on any atom is -0.351 e. The molecule has 0 bridgehead atoms. The molecule has 0 amide bonds. The summed E-state index contributed by atoms with van der Waals surface area (Å²) in [6.07, 6.45) is -4.59. The summed E-state index contributed by atoms with van der Waals surface area (Å²) in [6, 6.07) is 1.45. The largest absolute Gasteiger partial charge is 0.451 e. The Labute approximate surface area is 114 Å². The molecule has 0 N–H and O–H groups in total. The summed E-state index contributed by atoms with van der Waals surface area (Å²) in [4.78, 5) is 10.8. The van der Waals surface area contributed by atoms with Gasteiger partial charge in [0.25, 0.3) is 0 Å².